The smallest absolute Gasteiger partial charge is 0.286 e. The summed E-state index contributed by atoms with van der Waals surface area (Å²) in [6.07, 6.45) is 11.6. The van der Waals surface area contributed by atoms with Crippen molar-refractivity contribution in [2.75, 3.05) is 0 Å². The predicted molar refractivity (Wildman–Crippen MR) is 86.5 cm³/mol. The maximum atomic E-state index is 12.4. The average molecular weight is 315 g/mol. The molecule has 5 rings (SSSR count). The van der Waals surface area contributed by atoms with Gasteiger partial charge in [-0.25, -0.2) is 0 Å². The highest BCUT2D eigenvalue weighted by molar-refractivity contribution is 5.74. The Kier molecular flexibility index (Phi) is 3.58. The number of pyridine rings is 1. The number of nitrogens with zero attached hydrogens (tertiary/aromatic N) is 1. The van der Waals surface area contributed by atoms with Crippen LogP contribution in [0, 0.1) is 23.2 Å². The van der Waals surface area contributed by atoms with Crippen LogP contribution >= 0.6 is 0 Å². The summed E-state index contributed by atoms with van der Waals surface area (Å²) < 4.78 is 1.73. The van der Waals surface area contributed by atoms with Gasteiger partial charge in [-0.05, 0) is 74.7 Å². The highest BCUT2D eigenvalue weighted by atomic mass is 16.3. The Morgan fingerprint density at radius 2 is 1.91 bits per heavy atom. The van der Waals surface area contributed by atoms with E-state index in [9.17, 15) is 9.90 Å². The third-order valence-corrected chi connectivity index (χ3v) is 6.55. The topological polar surface area (TPSA) is 53.2 Å². The largest absolute Gasteiger partial charge is 0.503 e. The van der Waals surface area contributed by atoms with Crippen LogP contribution < -0.4 is 9.88 Å². The zero-order valence-electron chi connectivity index (χ0n) is 13.9. The van der Waals surface area contributed by atoms with Crippen molar-refractivity contribution in [2.45, 2.75) is 58.0 Å². The van der Waals surface area contributed by atoms with Gasteiger partial charge in [-0.3, -0.25) is 4.79 Å². The number of hydrogen-bond donors (Lipinski definition) is 2. The molecule has 0 aliphatic heterocycles. The molecule has 0 aromatic carbocycles. The second-order valence-electron chi connectivity index (χ2n) is 8.30. The number of amides is 1. The molecule has 4 saturated carbocycles. The summed E-state index contributed by atoms with van der Waals surface area (Å²) in [6, 6.07) is 3.62. The minimum absolute atomic E-state index is 0.0452. The number of aromatic nitrogens is 1. The Labute approximate surface area is 137 Å². The first-order valence-electron chi connectivity index (χ1n) is 9.00. The molecule has 1 heterocycles. The molecule has 1 aromatic rings. The number of carbonyl (C=O) groups excluding carboxylic acids is 1. The van der Waals surface area contributed by atoms with Crippen LogP contribution in [0.5, 0.6) is 5.75 Å². The minimum Gasteiger partial charge on any atom is -0.503 e. The quantitative estimate of drug-likeness (QED) is 0.838. The van der Waals surface area contributed by atoms with E-state index in [4.69, 9.17) is 0 Å². The van der Waals surface area contributed by atoms with Crippen molar-refractivity contribution in [1.29, 1.82) is 0 Å². The summed E-state index contributed by atoms with van der Waals surface area (Å²) >= 11 is 0. The SMILES string of the molecule is C[C@H](NC(=O)C[n+]1cccc(O)c1)C12CC3CC(CC(C3)C1)C2. The van der Waals surface area contributed by atoms with Crippen LogP contribution in [0.2, 0.25) is 0 Å². The fourth-order valence-electron chi connectivity index (χ4n) is 5.92. The fourth-order valence-corrected chi connectivity index (χ4v) is 5.92. The van der Waals surface area contributed by atoms with Crippen LogP contribution in [0.25, 0.3) is 0 Å². The molecule has 1 atom stereocenters. The summed E-state index contributed by atoms with van der Waals surface area (Å²) in [5.41, 5.74) is 0.341. The molecule has 0 radical (unpaired) electrons. The molecule has 1 amide bonds. The van der Waals surface area contributed by atoms with E-state index < -0.39 is 0 Å². The van der Waals surface area contributed by atoms with Gasteiger partial charge in [-0.2, -0.15) is 4.57 Å². The van der Waals surface area contributed by atoms with Crippen LogP contribution in [0.3, 0.4) is 0 Å². The van der Waals surface area contributed by atoms with Crippen LogP contribution in [-0.4, -0.2) is 17.1 Å². The van der Waals surface area contributed by atoms with Gasteiger partial charge in [0.15, 0.2) is 11.9 Å². The average Bonchev–Trinajstić information content (AvgIpc) is 2.45. The molecule has 4 heteroatoms. The molecular weight excluding hydrogens is 288 g/mol. The number of rotatable bonds is 4. The summed E-state index contributed by atoms with van der Waals surface area (Å²) in [4.78, 5) is 12.4. The van der Waals surface area contributed by atoms with E-state index in [1.165, 1.54) is 38.5 Å². The second kappa shape index (κ2) is 5.50. The molecular formula is C19H27N2O2+. The zero-order chi connectivity index (χ0) is 16.0. The standard InChI is InChI=1S/C19H26N2O2/c1-13(20-18(23)12-21-4-2-3-17(22)11-21)19-8-14-5-15(9-19)7-16(6-14)10-19/h2-4,11,13-16H,5-10,12H2,1H3,(H-,20,22,23)/p+1/t13-,14?,15?,16?,19?/m0/s1. The summed E-state index contributed by atoms with van der Waals surface area (Å²) in [6.45, 7) is 2.48. The Morgan fingerprint density at radius 1 is 1.30 bits per heavy atom. The predicted octanol–water partition coefficient (Wildman–Crippen LogP) is 2.40. The van der Waals surface area contributed by atoms with Gasteiger partial charge in [0.05, 0.1) is 0 Å². The molecule has 4 fully saturated rings. The molecule has 0 saturated heterocycles. The monoisotopic (exact) mass is 315 g/mol. The van der Waals surface area contributed by atoms with Gasteiger partial charge in [-0.1, -0.05) is 0 Å². The second-order valence-corrected chi connectivity index (χ2v) is 8.30. The lowest BCUT2D eigenvalue weighted by Gasteiger charge is -2.59. The van der Waals surface area contributed by atoms with Gasteiger partial charge in [0.2, 0.25) is 12.7 Å². The molecule has 4 nitrogen and oxygen atoms in total. The molecule has 4 aliphatic rings. The molecule has 0 spiro atoms. The van der Waals surface area contributed by atoms with Gasteiger partial charge in [0.1, 0.15) is 0 Å². The Hall–Kier alpha value is -1.58. The maximum absolute atomic E-state index is 12.4. The van der Waals surface area contributed by atoms with Crippen LogP contribution in [0.4, 0.5) is 0 Å². The van der Waals surface area contributed by atoms with E-state index >= 15 is 0 Å². The van der Waals surface area contributed by atoms with E-state index in [1.54, 1.807) is 22.9 Å². The van der Waals surface area contributed by atoms with Crippen LogP contribution in [0.1, 0.15) is 45.4 Å². The van der Waals surface area contributed by atoms with Crippen molar-refractivity contribution in [1.82, 2.24) is 5.32 Å². The molecule has 4 aliphatic carbocycles. The van der Waals surface area contributed by atoms with Gasteiger partial charge < -0.3 is 10.4 Å². The van der Waals surface area contributed by atoms with Gasteiger partial charge in [0.25, 0.3) is 5.91 Å². The fraction of sp³-hybridized carbons (Fsp3) is 0.684. The summed E-state index contributed by atoms with van der Waals surface area (Å²) in [5.74, 6) is 2.95. The lowest BCUT2D eigenvalue weighted by atomic mass is 9.48. The van der Waals surface area contributed by atoms with Crippen LogP contribution in [0.15, 0.2) is 24.5 Å². The Bertz CT molecular complexity index is 578. The van der Waals surface area contributed by atoms with Crippen molar-refractivity contribution in [3.05, 3.63) is 24.5 Å². The number of carbonyl (C=O) groups is 1. The van der Waals surface area contributed by atoms with E-state index in [-0.39, 0.29) is 24.2 Å². The third kappa shape index (κ3) is 2.84. The third-order valence-electron chi connectivity index (χ3n) is 6.55. The van der Waals surface area contributed by atoms with Crippen molar-refractivity contribution < 1.29 is 14.5 Å². The number of aromatic hydroxyl groups is 1. The molecule has 0 unspecified atom stereocenters. The number of hydrogen-bond acceptors (Lipinski definition) is 2. The Morgan fingerprint density at radius 3 is 2.48 bits per heavy atom. The van der Waals surface area contributed by atoms with Crippen LogP contribution in [-0.2, 0) is 11.3 Å². The first kappa shape index (κ1) is 15.0. The maximum Gasteiger partial charge on any atom is 0.286 e. The van der Waals surface area contributed by atoms with Crippen molar-refractivity contribution in [2.24, 2.45) is 23.2 Å². The lowest BCUT2D eigenvalue weighted by molar-refractivity contribution is -0.684. The van der Waals surface area contributed by atoms with Gasteiger partial charge >= 0.3 is 0 Å². The van der Waals surface area contributed by atoms with Crippen molar-refractivity contribution in [3.8, 4) is 5.75 Å². The first-order valence-corrected chi connectivity index (χ1v) is 9.00. The summed E-state index contributed by atoms with van der Waals surface area (Å²) in [5, 5.41) is 12.8. The highest BCUT2D eigenvalue weighted by Gasteiger charge is 2.53. The molecule has 2 N–H and O–H groups in total. The Balaban J connectivity index is 1.41. The van der Waals surface area contributed by atoms with E-state index in [0.29, 0.717) is 5.41 Å². The molecule has 124 valence electrons. The molecule has 23 heavy (non-hydrogen) atoms. The van der Waals surface area contributed by atoms with Gasteiger partial charge in [0, 0.05) is 12.1 Å². The first-order chi connectivity index (χ1) is 11.0. The van der Waals surface area contributed by atoms with Gasteiger partial charge in [-0.15, -0.1) is 0 Å². The lowest BCUT2D eigenvalue weighted by Crippen LogP contribution is -2.57. The zero-order valence-corrected chi connectivity index (χ0v) is 13.9. The van der Waals surface area contributed by atoms with E-state index in [0.717, 1.165) is 17.8 Å². The highest BCUT2D eigenvalue weighted by Crippen LogP contribution is 2.61. The summed E-state index contributed by atoms with van der Waals surface area (Å²) in [7, 11) is 0. The van der Waals surface area contributed by atoms with Crippen molar-refractivity contribution >= 4 is 5.91 Å². The molecule has 1 aromatic heterocycles. The van der Waals surface area contributed by atoms with Crippen molar-refractivity contribution in [3.63, 3.8) is 0 Å². The van der Waals surface area contributed by atoms with E-state index in [2.05, 4.69) is 12.2 Å². The number of nitrogens with one attached hydrogen (secondary N) is 1. The molecule has 4 bridgehead atoms. The normalized spacial score (nSPS) is 36.0. The van der Waals surface area contributed by atoms with E-state index in [1.807, 2.05) is 6.20 Å². The minimum atomic E-state index is 0.0452.